The van der Waals surface area contributed by atoms with E-state index in [1.165, 1.54) is 0 Å². The van der Waals surface area contributed by atoms with Crippen molar-refractivity contribution in [1.82, 2.24) is 6.15 Å². The quantitative estimate of drug-likeness (QED) is 0.413. The van der Waals surface area contributed by atoms with Crippen molar-refractivity contribution in [3.05, 3.63) is 55.5 Å². The van der Waals surface area contributed by atoms with Crippen molar-refractivity contribution < 1.29 is 12.4 Å². The molecule has 1 nitrogen and oxygen atoms in total. The van der Waals surface area contributed by atoms with Gasteiger partial charge < -0.3 is 18.6 Å². The Hall–Kier alpha value is -0.154. The molecule has 3 heteroatoms. The first-order valence-corrected chi connectivity index (χ1v) is 3.79. The van der Waals surface area contributed by atoms with E-state index in [9.17, 15) is 0 Å². The van der Waals surface area contributed by atoms with Crippen LogP contribution in [-0.4, -0.2) is 23.1 Å². The van der Waals surface area contributed by atoms with Gasteiger partial charge >= 0.3 is 23.1 Å². The molecule has 0 fully saturated rings. The number of hydrogen-bond acceptors (Lipinski definition) is 1. The maximum atomic E-state index is 3.72. The van der Waals surface area contributed by atoms with Crippen molar-refractivity contribution in [1.29, 1.82) is 0 Å². The third-order valence-electron chi connectivity index (χ3n) is 1.13. The number of benzene rings is 1. The Morgan fingerprint density at radius 2 is 1.64 bits per heavy atom. The van der Waals surface area contributed by atoms with E-state index in [1.54, 1.807) is 0 Å². The van der Waals surface area contributed by atoms with Crippen LogP contribution in [0.15, 0.2) is 43.0 Å². The second kappa shape index (κ2) is 18.6. The third kappa shape index (κ3) is 17.8. The van der Waals surface area contributed by atoms with Crippen LogP contribution in [0.2, 0.25) is 0 Å². The van der Waals surface area contributed by atoms with Gasteiger partial charge in [0.15, 0.2) is 0 Å². The molecule has 76 valence electrons. The van der Waals surface area contributed by atoms with Crippen molar-refractivity contribution in [3.63, 3.8) is 0 Å². The first-order chi connectivity index (χ1) is 5.31. The van der Waals surface area contributed by atoms with Crippen LogP contribution in [0.5, 0.6) is 0 Å². The van der Waals surface area contributed by atoms with Crippen molar-refractivity contribution in [2.75, 3.05) is 0 Å². The zero-order chi connectivity index (χ0) is 8.53. The average molecular weight is 224 g/mol. The molecule has 0 unspecified atom stereocenters. The number of rotatable bonds is 1. The summed E-state index contributed by atoms with van der Waals surface area (Å²) >= 11 is 0. The van der Waals surface area contributed by atoms with Crippen LogP contribution in [0, 0.1) is 6.92 Å². The topological polar surface area (TPSA) is 35.0 Å². The van der Waals surface area contributed by atoms with Gasteiger partial charge in [-0.1, -0.05) is 19.1 Å². The summed E-state index contributed by atoms with van der Waals surface area (Å²) in [5.74, 6) is 0. The fourth-order valence-electron chi connectivity index (χ4n) is 0.478. The Balaban J connectivity index is -0.0000000650. The summed E-state index contributed by atoms with van der Waals surface area (Å²) in [6.07, 6.45) is 2.96. The molecule has 0 radical (unpaired) electrons. The number of halogens is 1. The minimum absolute atomic E-state index is 0. The van der Waals surface area contributed by atoms with Gasteiger partial charge in [-0.05, 0) is 6.42 Å². The van der Waals surface area contributed by atoms with Crippen LogP contribution in [-0.2, 0) is 0 Å². The summed E-state index contributed by atoms with van der Waals surface area (Å²) in [5.41, 5.74) is 1.07. The van der Waals surface area contributed by atoms with Crippen LogP contribution >= 0.6 is 0 Å². The Morgan fingerprint density at radius 1 is 1.29 bits per heavy atom. The maximum absolute atomic E-state index is 3.72. The fraction of sp³-hybridized carbons (Fsp3) is 0.182. The van der Waals surface area contributed by atoms with Crippen LogP contribution in [0.1, 0.15) is 18.9 Å². The molecule has 0 atom stereocenters. The maximum Gasteiger partial charge on any atom is 2.00 e. The van der Waals surface area contributed by atoms with Crippen LogP contribution in [0.3, 0.4) is 0 Å². The van der Waals surface area contributed by atoms with E-state index in [2.05, 4.69) is 20.4 Å². The fourth-order valence-corrected chi connectivity index (χ4v) is 0.478. The molecule has 0 saturated heterocycles. The van der Waals surface area contributed by atoms with E-state index in [0.717, 1.165) is 12.0 Å². The molecule has 1 aromatic rings. The molecule has 0 aliphatic rings. The molecule has 0 amide bonds. The molecule has 3 N–H and O–H groups in total. The Bertz CT molecular complexity index is 190. The second-order valence-electron chi connectivity index (χ2n) is 2.18. The first kappa shape index (κ1) is 23.6. The molecule has 0 bridgehead atoms. The van der Waals surface area contributed by atoms with Crippen molar-refractivity contribution in [3.8, 4) is 0 Å². The van der Waals surface area contributed by atoms with Gasteiger partial charge in [-0.15, -0.1) is 18.7 Å². The summed E-state index contributed by atoms with van der Waals surface area (Å²) < 4.78 is 0. The van der Waals surface area contributed by atoms with E-state index >= 15 is 0 Å². The van der Waals surface area contributed by atoms with E-state index < -0.39 is 0 Å². The smallest absolute Gasteiger partial charge is 1.00 e. The summed E-state index contributed by atoms with van der Waals surface area (Å²) in [4.78, 5) is 0. The third-order valence-corrected chi connectivity index (χ3v) is 1.13. The molecular weight excluding hydrogens is 206 g/mol. The predicted octanol–water partition coefficient (Wildman–Crippen LogP) is 0.236. The summed E-state index contributed by atoms with van der Waals surface area (Å²) in [6, 6.07) is 9.87. The van der Waals surface area contributed by atoms with Gasteiger partial charge in [-0.3, -0.25) is 0 Å². The molecule has 0 aliphatic heterocycles. The van der Waals surface area contributed by atoms with E-state index in [4.69, 9.17) is 0 Å². The molecule has 0 aromatic heterocycles. The van der Waals surface area contributed by atoms with Gasteiger partial charge in [-0.2, -0.15) is 24.6 Å². The minimum Gasteiger partial charge on any atom is -1.00 e. The Morgan fingerprint density at radius 3 is 1.79 bits per heavy atom. The zero-order valence-corrected chi connectivity index (χ0v) is 11.0. The first-order valence-electron chi connectivity index (χ1n) is 3.79. The zero-order valence-electron chi connectivity index (χ0n) is 8.88. The molecule has 1 rings (SSSR count). The van der Waals surface area contributed by atoms with Crippen LogP contribution in [0.4, 0.5) is 0 Å². The summed E-state index contributed by atoms with van der Waals surface area (Å²) in [5, 5.41) is 0. The minimum atomic E-state index is 0. The largest absolute Gasteiger partial charge is 2.00 e. The van der Waals surface area contributed by atoms with Gasteiger partial charge in [0, 0.05) is 0 Å². The monoisotopic (exact) mass is 223 g/mol. The Labute approximate surface area is 110 Å². The van der Waals surface area contributed by atoms with Gasteiger partial charge in [0.1, 0.15) is 0 Å². The van der Waals surface area contributed by atoms with E-state index in [0.29, 0.717) is 0 Å². The number of hydrogen-bond donors (Lipinski definition) is 1. The summed E-state index contributed by atoms with van der Waals surface area (Å²) in [7, 11) is 0. The van der Waals surface area contributed by atoms with E-state index in [-0.39, 0.29) is 41.6 Å². The van der Waals surface area contributed by atoms with E-state index in [1.807, 2.05) is 36.4 Å². The normalized spacial score (nSPS) is 6.07. The van der Waals surface area contributed by atoms with Crippen LogP contribution < -0.4 is 18.6 Å². The number of allylic oxidation sites excluding steroid dienone is 1. The molecule has 0 spiro atoms. The molecule has 1 aromatic carbocycles. The van der Waals surface area contributed by atoms with Gasteiger partial charge in [-0.25, -0.2) is 0 Å². The molecule has 0 saturated carbocycles. The molecular formula is C11H18ClMgN. The van der Waals surface area contributed by atoms with Gasteiger partial charge in [0.25, 0.3) is 0 Å². The average Bonchev–Trinajstić information content (AvgIpc) is 2.07. The van der Waals surface area contributed by atoms with Crippen molar-refractivity contribution >= 4 is 23.1 Å². The SMILES string of the molecule is C=CCC.N.[CH2-]c1ccccc1.[Cl-].[Mg+2]. The summed E-state index contributed by atoms with van der Waals surface area (Å²) in [6.45, 7) is 9.26. The molecule has 0 aliphatic carbocycles. The molecule has 14 heavy (non-hydrogen) atoms. The second-order valence-corrected chi connectivity index (χ2v) is 2.18. The molecule has 0 heterocycles. The standard InChI is InChI=1S/C7H7.C4H8.ClH.Mg.H3N/c1-7-5-3-2-4-6-7;1-3-4-2;;;/h2-6H,1H2;3H,1,4H2,2H3;1H;;1H3/q-1;;;+2;/p-1. The predicted molar refractivity (Wildman–Crippen MR) is 62.2 cm³/mol. The van der Waals surface area contributed by atoms with Crippen molar-refractivity contribution in [2.45, 2.75) is 13.3 Å². The van der Waals surface area contributed by atoms with Gasteiger partial charge in [0.2, 0.25) is 0 Å². The van der Waals surface area contributed by atoms with Crippen molar-refractivity contribution in [2.24, 2.45) is 0 Å². The van der Waals surface area contributed by atoms with Gasteiger partial charge in [0.05, 0.1) is 0 Å². The van der Waals surface area contributed by atoms with Crippen LogP contribution in [0.25, 0.3) is 0 Å². The Kier molecular flexibility index (Phi) is 31.3.